The number of nitrogens with zero attached hydrogens (tertiary/aromatic N) is 3. The van der Waals surface area contributed by atoms with Gasteiger partial charge in [-0.3, -0.25) is 4.79 Å². The number of esters is 1. The summed E-state index contributed by atoms with van der Waals surface area (Å²) in [5.74, 6) is -0.493. The molecule has 0 spiro atoms. The van der Waals surface area contributed by atoms with Gasteiger partial charge in [0.15, 0.2) is 5.69 Å². The van der Waals surface area contributed by atoms with E-state index in [1.165, 1.54) is 7.11 Å². The van der Waals surface area contributed by atoms with Gasteiger partial charge < -0.3 is 34.7 Å². The molecule has 3 N–H and O–H groups in total. The number of imidazole rings is 1. The number of benzene rings is 2. The van der Waals surface area contributed by atoms with Crippen LogP contribution in [0.5, 0.6) is 0 Å². The number of piperazine rings is 1. The van der Waals surface area contributed by atoms with E-state index in [1.54, 1.807) is 25.6 Å². The summed E-state index contributed by atoms with van der Waals surface area (Å²) >= 11 is 0. The molecule has 1 aliphatic carbocycles. The quantitative estimate of drug-likeness (QED) is 0.313. The largest absolute Gasteiger partial charge is 0.465 e. The fourth-order valence-corrected chi connectivity index (χ4v) is 6.34. The second kappa shape index (κ2) is 13.5. The number of anilines is 1. The lowest BCUT2D eigenvalue weighted by Crippen LogP contribution is -2.54. The molecule has 0 unspecified atom stereocenters. The standard InChI is InChI=1S/C32H41N5O5/c1-41-21-32(40)15-7-6-13-27(32)37-22-35-28(29(37)23-9-4-3-5-10-23)30(38)36-18-17-33-20-26(36)14-16-34-25-12-8-11-24(19-25)31(39)42-2/h3-5,8-12,19,22,26-27,33-34,40H,6-7,13-18,20-21H2,1-2H3/t26-,27-,32-/m1/s1. The molecule has 1 saturated carbocycles. The fraction of sp³-hybridized carbons (Fsp3) is 0.469. The van der Waals surface area contributed by atoms with E-state index in [1.807, 2.05) is 51.9 Å². The molecule has 2 aromatic carbocycles. The van der Waals surface area contributed by atoms with Gasteiger partial charge in [0, 0.05) is 50.6 Å². The highest BCUT2D eigenvalue weighted by Crippen LogP contribution is 2.41. The van der Waals surface area contributed by atoms with Crippen molar-refractivity contribution in [2.45, 2.75) is 49.8 Å². The molecule has 10 nitrogen and oxygen atoms in total. The lowest BCUT2D eigenvalue weighted by atomic mass is 9.80. The van der Waals surface area contributed by atoms with E-state index in [9.17, 15) is 14.7 Å². The molecule has 3 atom stereocenters. The van der Waals surface area contributed by atoms with Crippen molar-refractivity contribution in [3.8, 4) is 11.3 Å². The number of amides is 1. The van der Waals surface area contributed by atoms with Gasteiger partial charge in [-0.25, -0.2) is 9.78 Å². The molecular weight excluding hydrogens is 534 g/mol. The zero-order valence-electron chi connectivity index (χ0n) is 24.4. The maximum Gasteiger partial charge on any atom is 0.337 e. The van der Waals surface area contributed by atoms with Crippen molar-refractivity contribution < 1.29 is 24.2 Å². The second-order valence-corrected chi connectivity index (χ2v) is 11.2. The highest BCUT2D eigenvalue weighted by molar-refractivity contribution is 5.98. The SMILES string of the molecule is COC[C@]1(O)CCCC[C@H]1n1cnc(C(=O)N2CCNC[C@H]2CCNc2cccc(C(=O)OC)c2)c1-c1ccccc1. The topological polar surface area (TPSA) is 118 Å². The number of carbonyl (C=O) groups is 2. The monoisotopic (exact) mass is 575 g/mol. The van der Waals surface area contributed by atoms with Crippen molar-refractivity contribution in [2.24, 2.45) is 0 Å². The molecule has 2 aliphatic rings. The van der Waals surface area contributed by atoms with E-state index in [2.05, 4.69) is 10.6 Å². The van der Waals surface area contributed by atoms with Crippen LogP contribution in [-0.2, 0) is 9.47 Å². The number of hydrogen-bond donors (Lipinski definition) is 3. The Morgan fingerprint density at radius 2 is 1.98 bits per heavy atom. The van der Waals surface area contributed by atoms with Crippen LogP contribution in [0.3, 0.4) is 0 Å². The third kappa shape index (κ3) is 6.35. The van der Waals surface area contributed by atoms with E-state index >= 15 is 0 Å². The van der Waals surface area contributed by atoms with Gasteiger partial charge in [0.1, 0.15) is 5.60 Å². The van der Waals surface area contributed by atoms with Crippen LogP contribution in [-0.4, -0.2) is 90.1 Å². The van der Waals surface area contributed by atoms with Gasteiger partial charge in [-0.2, -0.15) is 0 Å². The molecule has 10 heteroatoms. The highest BCUT2D eigenvalue weighted by Gasteiger charge is 2.42. The Bertz CT molecular complexity index is 1360. The van der Waals surface area contributed by atoms with Gasteiger partial charge >= 0.3 is 5.97 Å². The molecule has 3 aromatic rings. The van der Waals surface area contributed by atoms with E-state index in [0.29, 0.717) is 50.3 Å². The molecule has 1 saturated heterocycles. The predicted octanol–water partition coefficient (Wildman–Crippen LogP) is 3.75. The molecule has 5 rings (SSSR count). The first-order valence-electron chi connectivity index (χ1n) is 14.7. The Hall–Kier alpha value is -3.73. The van der Waals surface area contributed by atoms with Crippen molar-refractivity contribution in [3.05, 3.63) is 72.2 Å². The first-order valence-corrected chi connectivity index (χ1v) is 14.7. The molecule has 0 radical (unpaired) electrons. The van der Waals surface area contributed by atoms with Crippen molar-refractivity contribution in [3.63, 3.8) is 0 Å². The molecule has 0 bridgehead atoms. The Balaban J connectivity index is 1.39. The number of aliphatic hydroxyl groups is 1. The number of methoxy groups -OCH3 is 2. The summed E-state index contributed by atoms with van der Waals surface area (Å²) in [6.07, 6.45) is 5.76. The molecule has 224 valence electrons. The summed E-state index contributed by atoms with van der Waals surface area (Å²) in [6.45, 7) is 2.79. The smallest absolute Gasteiger partial charge is 0.337 e. The van der Waals surface area contributed by atoms with Crippen molar-refractivity contribution >= 4 is 17.6 Å². The van der Waals surface area contributed by atoms with Gasteiger partial charge in [-0.05, 0) is 37.5 Å². The number of nitrogens with one attached hydrogen (secondary N) is 2. The number of rotatable bonds is 10. The third-order valence-corrected chi connectivity index (χ3v) is 8.43. The number of carbonyl (C=O) groups excluding carboxylic acids is 2. The van der Waals surface area contributed by atoms with Gasteiger partial charge in [0.25, 0.3) is 5.91 Å². The van der Waals surface area contributed by atoms with Crippen LogP contribution >= 0.6 is 0 Å². The first kappa shape index (κ1) is 29.8. The van der Waals surface area contributed by atoms with Gasteiger partial charge in [0.05, 0.1) is 37.3 Å². The minimum absolute atomic E-state index is 0.0450. The molecule has 42 heavy (non-hydrogen) atoms. The van der Waals surface area contributed by atoms with Crippen LogP contribution in [0.4, 0.5) is 5.69 Å². The van der Waals surface area contributed by atoms with Crippen LogP contribution in [0.15, 0.2) is 60.9 Å². The van der Waals surface area contributed by atoms with E-state index in [-0.39, 0.29) is 30.6 Å². The zero-order chi connectivity index (χ0) is 29.5. The molecule has 1 amide bonds. The molecule has 2 heterocycles. The van der Waals surface area contributed by atoms with Crippen LogP contribution in [0.2, 0.25) is 0 Å². The summed E-state index contributed by atoms with van der Waals surface area (Å²) in [4.78, 5) is 32.8. The minimum atomic E-state index is -1.04. The molecular formula is C32H41N5O5. The van der Waals surface area contributed by atoms with E-state index in [4.69, 9.17) is 14.5 Å². The number of hydrogen-bond acceptors (Lipinski definition) is 8. The van der Waals surface area contributed by atoms with Crippen LogP contribution in [0.25, 0.3) is 11.3 Å². The summed E-state index contributed by atoms with van der Waals surface area (Å²) in [5.41, 5.74) is 2.29. The van der Waals surface area contributed by atoms with Crippen LogP contribution < -0.4 is 10.6 Å². The average molecular weight is 576 g/mol. The highest BCUT2D eigenvalue weighted by atomic mass is 16.5. The summed E-state index contributed by atoms with van der Waals surface area (Å²) < 4.78 is 12.3. The maximum absolute atomic E-state index is 14.2. The summed E-state index contributed by atoms with van der Waals surface area (Å²) in [6, 6.07) is 16.8. The molecule has 1 aromatic heterocycles. The van der Waals surface area contributed by atoms with Crippen LogP contribution in [0.1, 0.15) is 59.0 Å². The number of ether oxygens (including phenoxy) is 2. The summed E-state index contributed by atoms with van der Waals surface area (Å²) in [7, 11) is 2.98. The van der Waals surface area contributed by atoms with Gasteiger partial charge in [0.2, 0.25) is 0 Å². The van der Waals surface area contributed by atoms with E-state index < -0.39 is 5.60 Å². The van der Waals surface area contributed by atoms with Crippen molar-refractivity contribution in [1.29, 1.82) is 0 Å². The Kier molecular flexibility index (Phi) is 9.56. The minimum Gasteiger partial charge on any atom is -0.465 e. The Morgan fingerprint density at radius 1 is 1.14 bits per heavy atom. The predicted molar refractivity (Wildman–Crippen MR) is 161 cm³/mol. The lowest BCUT2D eigenvalue weighted by molar-refractivity contribution is -0.0893. The van der Waals surface area contributed by atoms with Crippen LogP contribution in [0, 0.1) is 0 Å². The average Bonchev–Trinajstić information content (AvgIpc) is 3.46. The molecule has 2 fully saturated rings. The lowest BCUT2D eigenvalue weighted by Gasteiger charge is -2.41. The Labute approximate surface area is 247 Å². The molecule has 1 aliphatic heterocycles. The second-order valence-electron chi connectivity index (χ2n) is 11.2. The van der Waals surface area contributed by atoms with Gasteiger partial charge in [-0.15, -0.1) is 0 Å². The first-order chi connectivity index (χ1) is 20.4. The van der Waals surface area contributed by atoms with Crippen molar-refractivity contribution in [1.82, 2.24) is 19.8 Å². The summed E-state index contributed by atoms with van der Waals surface area (Å²) in [5, 5.41) is 18.4. The fourth-order valence-electron chi connectivity index (χ4n) is 6.34. The van der Waals surface area contributed by atoms with Gasteiger partial charge in [-0.1, -0.05) is 49.2 Å². The van der Waals surface area contributed by atoms with Crippen molar-refractivity contribution in [2.75, 3.05) is 52.3 Å². The Morgan fingerprint density at radius 3 is 2.76 bits per heavy atom. The zero-order valence-corrected chi connectivity index (χ0v) is 24.4. The normalized spacial score (nSPS) is 22.5. The maximum atomic E-state index is 14.2. The number of aromatic nitrogens is 2. The van der Waals surface area contributed by atoms with E-state index in [0.717, 1.165) is 36.2 Å². The third-order valence-electron chi connectivity index (χ3n) is 8.43.